The number of nitrogens with zero attached hydrogens (tertiary/aromatic N) is 3. The van der Waals surface area contributed by atoms with Crippen LogP contribution in [0.3, 0.4) is 0 Å². The van der Waals surface area contributed by atoms with Crippen molar-refractivity contribution in [1.82, 2.24) is 15.0 Å². The Bertz CT molecular complexity index is 983. The van der Waals surface area contributed by atoms with Gasteiger partial charge in [-0.25, -0.2) is 4.39 Å². The standard InChI is InChI=1S/C22H22FN3O3/c1-14(2)28-19-9-3-15(4-10-19)12-26-13-17(11-20(26)27)22-24-21(25-29-22)16-5-7-18(23)8-6-16/h3-10,14,17H,11-13H2,1-2H3. The molecule has 2 heterocycles. The minimum absolute atomic E-state index is 0.0547. The Morgan fingerprint density at radius 1 is 1.17 bits per heavy atom. The second-order valence-electron chi connectivity index (χ2n) is 7.45. The van der Waals surface area contributed by atoms with E-state index in [2.05, 4.69) is 10.1 Å². The monoisotopic (exact) mass is 395 g/mol. The summed E-state index contributed by atoms with van der Waals surface area (Å²) in [5.74, 6) is 1.23. The molecule has 4 rings (SSSR count). The molecule has 3 aromatic rings. The fourth-order valence-electron chi connectivity index (χ4n) is 3.37. The highest BCUT2D eigenvalue weighted by Gasteiger charge is 2.34. The molecule has 0 N–H and O–H groups in total. The number of carbonyl (C=O) groups excluding carboxylic acids is 1. The smallest absolute Gasteiger partial charge is 0.232 e. The average Bonchev–Trinajstić information content (AvgIpc) is 3.31. The molecule has 150 valence electrons. The number of hydrogen-bond acceptors (Lipinski definition) is 5. The molecule has 6 nitrogen and oxygen atoms in total. The van der Waals surface area contributed by atoms with Gasteiger partial charge in [0.25, 0.3) is 0 Å². The molecule has 1 aliphatic rings. The molecule has 29 heavy (non-hydrogen) atoms. The summed E-state index contributed by atoms with van der Waals surface area (Å²) in [6.45, 7) is 5.01. The van der Waals surface area contributed by atoms with E-state index in [0.29, 0.717) is 36.8 Å². The highest BCUT2D eigenvalue weighted by atomic mass is 19.1. The largest absolute Gasteiger partial charge is 0.491 e. The van der Waals surface area contributed by atoms with Gasteiger partial charge < -0.3 is 14.2 Å². The maximum Gasteiger partial charge on any atom is 0.232 e. The lowest BCUT2D eigenvalue weighted by atomic mass is 10.1. The van der Waals surface area contributed by atoms with E-state index in [1.54, 1.807) is 17.0 Å². The van der Waals surface area contributed by atoms with Crippen LogP contribution in [0.2, 0.25) is 0 Å². The van der Waals surface area contributed by atoms with Gasteiger partial charge in [-0.3, -0.25) is 4.79 Å². The molecule has 1 amide bonds. The molecular formula is C22H22FN3O3. The van der Waals surface area contributed by atoms with Crippen LogP contribution in [0.4, 0.5) is 4.39 Å². The molecule has 1 atom stereocenters. The lowest BCUT2D eigenvalue weighted by Gasteiger charge is -2.16. The first-order valence-electron chi connectivity index (χ1n) is 9.61. The van der Waals surface area contributed by atoms with Gasteiger partial charge in [-0.1, -0.05) is 17.3 Å². The molecule has 0 spiro atoms. The van der Waals surface area contributed by atoms with E-state index in [-0.39, 0.29) is 23.7 Å². The van der Waals surface area contributed by atoms with Gasteiger partial charge in [0.2, 0.25) is 17.6 Å². The van der Waals surface area contributed by atoms with Gasteiger partial charge in [0.05, 0.1) is 12.0 Å². The molecule has 1 aromatic heterocycles. The Morgan fingerprint density at radius 2 is 1.90 bits per heavy atom. The van der Waals surface area contributed by atoms with Crippen LogP contribution in [0.5, 0.6) is 5.75 Å². The van der Waals surface area contributed by atoms with Gasteiger partial charge in [-0.2, -0.15) is 4.98 Å². The van der Waals surface area contributed by atoms with Crippen LogP contribution in [0.15, 0.2) is 53.1 Å². The zero-order chi connectivity index (χ0) is 20.4. The van der Waals surface area contributed by atoms with Crippen molar-refractivity contribution in [2.24, 2.45) is 0 Å². The summed E-state index contributed by atoms with van der Waals surface area (Å²) >= 11 is 0. The van der Waals surface area contributed by atoms with Crippen molar-refractivity contribution < 1.29 is 18.4 Å². The van der Waals surface area contributed by atoms with Crippen LogP contribution >= 0.6 is 0 Å². The summed E-state index contributed by atoms with van der Waals surface area (Å²) < 4.78 is 24.1. The van der Waals surface area contributed by atoms with Crippen LogP contribution in [0, 0.1) is 5.82 Å². The van der Waals surface area contributed by atoms with E-state index in [1.165, 1.54) is 12.1 Å². The van der Waals surface area contributed by atoms with Crippen LogP contribution in [0.25, 0.3) is 11.4 Å². The van der Waals surface area contributed by atoms with Crippen molar-refractivity contribution >= 4 is 5.91 Å². The molecule has 7 heteroatoms. The summed E-state index contributed by atoms with van der Waals surface area (Å²) in [6.07, 6.45) is 0.454. The molecular weight excluding hydrogens is 373 g/mol. The van der Waals surface area contributed by atoms with Crippen molar-refractivity contribution in [2.75, 3.05) is 6.54 Å². The van der Waals surface area contributed by atoms with Crippen LogP contribution in [-0.2, 0) is 11.3 Å². The minimum atomic E-state index is -0.321. The number of benzene rings is 2. The maximum absolute atomic E-state index is 13.1. The van der Waals surface area contributed by atoms with Crippen molar-refractivity contribution in [2.45, 2.75) is 38.8 Å². The topological polar surface area (TPSA) is 68.5 Å². The second-order valence-corrected chi connectivity index (χ2v) is 7.45. The van der Waals surface area contributed by atoms with Crippen LogP contribution < -0.4 is 4.74 Å². The highest BCUT2D eigenvalue weighted by Crippen LogP contribution is 2.30. The Morgan fingerprint density at radius 3 is 2.59 bits per heavy atom. The van der Waals surface area contributed by atoms with Gasteiger partial charge in [-0.05, 0) is 55.8 Å². The lowest BCUT2D eigenvalue weighted by Crippen LogP contribution is -2.24. The van der Waals surface area contributed by atoms with Crippen molar-refractivity contribution in [3.63, 3.8) is 0 Å². The van der Waals surface area contributed by atoms with Crippen molar-refractivity contribution in [3.8, 4) is 17.1 Å². The Labute approximate surface area is 168 Å². The second kappa shape index (κ2) is 8.03. The zero-order valence-corrected chi connectivity index (χ0v) is 16.3. The SMILES string of the molecule is CC(C)Oc1ccc(CN2CC(c3nc(-c4ccc(F)cc4)no3)CC2=O)cc1. The maximum atomic E-state index is 13.1. The number of carbonyl (C=O) groups is 1. The number of amides is 1. The van der Waals surface area contributed by atoms with Gasteiger partial charge in [0.1, 0.15) is 11.6 Å². The van der Waals surface area contributed by atoms with Gasteiger partial charge in [-0.15, -0.1) is 0 Å². The molecule has 2 aromatic carbocycles. The number of rotatable bonds is 6. The third-order valence-corrected chi connectivity index (χ3v) is 4.78. The average molecular weight is 395 g/mol. The summed E-state index contributed by atoms with van der Waals surface area (Å²) in [5, 5.41) is 3.98. The minimum Gasteiger partial charge on any atom is -0.491 e. The molecule has 0 saturated carbocycles. The highest BCUT2D eigenvalue weighted by molar-refractivity contribution is 5.79. The molecule has 1 aliphatic heterocycles. The van der Waals surface area contributed by atoms with E-state index < -0.39 is 0 Å². The summed E-state index contributed by atoms with van der Waals surface area (Å²) in [4.78, 5) is 18.7. The molecule has 0 bridgehead atoms. The summed E-state index contributed by atoms with van der Waals surface area (Å²) in [5.41, 5.74) is 1.71. The fourth-order valence-corrected chi connectivity index (χ4v) is 3.37. The fraction of sp³-hybridized carbons (Fsp3) is 0.318. The first-order chi connectivity index (χ1) is 14.0. The van der Waals surface area contributed by atoms with Crippen LogP contribution in [-0.4, -0.2) is 33.6 Å². The quantitative estimate of drug-likeness (QED) is 0.626. The summed E-state index contributed by atoms with van der Waals surface area (Å²) in [6, 6.07) is 13.7. The van der Waals surface area contributed by atoms with E-state index >= 15 is 0 Å². The van der Waals surface area contributed by atoms with Gasteiger partial charge in [0, 0.05) is 25.1 Å². The van der Waals surface area contributed by atoms with E-state index in [4.69, 9.17) is 9.26 Å². The van der Waals surface area contributed by atoms with E-state index in [1.807, 2.05) is 38.1 Å². The molecule has 1 fully saturated rings. The number of ether oxygens (including phenoxy) is 1. The molecule has 0 radical (unpaired) electrons. The molecule has 1 saturated heterocycles. The predicted octanol–water partition coefficient (Wildman–Crippen LogP) is 4.18. The van der Waals surface area contributed by atoms with E-state index in [9.17, 15) is 9.18 Å². The number of hydrogen-bond donors (Lipinski definition) is 0. The predicted molar refractivity (Wildman–Crippen MR) is 105 cm³/mol. The Balaban J connectivity index is 1.41. The third kappa shape index (κ3) is 4.45. The number of halogens is 1. The third-order valence-electron chi connectivity index (χ3n) is 4.78. The van der Waals surface area contributed by atoms with Crippen molar-refractivity contribution in [3.05, 3.63) is 65.8 Å². The first kappa shape index (κ1) is 19.1. The summed E-state index contributed by atoms with van der Waals surface area (Å²) in [7, 11) is 0. The Kier molecular flexibility index (Phi) is 5.29. The molecule has 1 unspecified atom stereocenters. The normalized spacial score (nSPS) is 16.6. The van der Waals surface area contributed by atoms with Gasteiger partial charge >= 0.3 is 0 Å². The zero-order valence-electron chi connectivity index (χ0n) is 16.3. The van der Waals surface area contributed by atoms with Gasteiger partial charge in [0.15, 0.2) is 0 Å². The van der Waals surface area contributed by atoms with E-state index in [0.717, 1.165) is 11.3 Å². The number of likely N-dealkylation sites (tertiary alicyclic amines) is 1. The number of aromatic nitrogens is 2. The van der Waals surface area contributed by atoms with Crippen molar-refractivity contribution in [1.29, 1.82) is 0 Å². The lowest BCUT2D eigenvalue weighted by molar-refractivity contribution is -0.128. The van der Waals surface area contributed by atoms with Crippen LogP contribution in [0.1, 0.15) is 37.6 Å². The molecule has 0 aliphatic carbocycles. The Hall–Kier alpha value is -3.22. The first-order valence-corrected chi connectivity index (χ1v) is 9.61.